The molecule has 1 aliphatic rings. The molecular weight excluding hydrogens is 480 g/mol. The van der Waals surface area contributed by atoms with Crippen molar-refractivity contribution in [3.8, 4) is 22.9 Å². The van der Waals surface area contributed by atoms with Crippen molar-refractivity contribution in [1.29, 1.82) is 5.26 Å². The van der Waals surface area contributed by atoms with E-state index < -0.39 is 5.97 Å². The number of amides is 1. The molecule has 8 nitrogen and oxygen atoms in total. The number of carbonyl (C=O) groups is 2. The Morgan fingerprint density at radius 2 is 1.74 bits per heavy atom. The molecule has 0 aliphatic carbocycles. The number of aromatic hydroxyl groups is 1. The Balaban J connectivity index is 1.54. The van der Waals surface area contributed by atoms with Gasteiger partial charge in [0.2, 0.25) is 0 Å². The van der Waals surface area contributed by atoms with Gasteiger partial charge in [0.05, 0.1) is 28.6 Å². The molecule has 0 atom stereocenters. The number of aromatic carboxylic acids is 1. The molecule has 1 heterocycles. The molecule has 38 heavy (non-hydrogen) atoms. The number of phenols is 1. The van der Waals surface area contributed by atoms with Crippen molar-refractivity contribution in [3.63, 3.8) is 0 Å². The van der Waals surface area contributed by atoms with Gasteiger partial charge in [0.25, 0.3) is 5.91 Å². The van der Waals surface area contributed by atoms with Gasteiger partial charge in [-0.1, -0.05) is 30.3 Å². The third-order valence-corrected chi connectivity index (χ3v) is 6.52. The summed E-state index contributed by atoms with van der Waals surface area (Å²) in [5, 5.41) is 34.1. The topological polar surface area (TPSA) is 126 Å². The molecule has 4 aromatic rings. The molecule has 186 valence electrons. The van der Waals surface area contributed by atoms with E-state index in [1.54, 1.807) is 48.5 Å². The van der Waals surface area contributed by atoms with Crippen molar-refractivity contribution in [1.82, 2.24) is 0 Å². The molecule has 0 aromatic heterocycles. The van der Waals surface area contributed by atoms with E-state index in [9.17, 15) is 25.1 Å². The highest BCUT2D eigenvalue weighted by molar-refractivity contribution is 6.55. The number of fused-ring (bicyclic) bond motifs is 1. The predicted octanol–water partition coefficient (Wildman–Crippen LogP) is 5.74. The van der Waals surface area contributed by atoms with Crippen molar-refractivity contribution in [2.75, 3.05) is 10.3 Å². The first kappa shape index (κ1) is 24.3. The lowest BCUT2D eigenvalue weighted by atomic mass is 10.0. The summed E-state index contributed by atoms with van der Waals surface area (Å²) < 4.78 is 0. The lowest BCUT2D eigenvalue weighted by Crippen LogP contribution is -2.26. The van der Waals surface area contributed by atoms with Crippen molar-refractivity contribution in [3.05, 3.63) is 107 Å². The maximum Gasteiger partial charge on any atom is 0.335 e. The number of carboxylic acids is 1. The van der Waals surface area contributed by atoms with Crippen LogP contribution in [0.15, 0.2) is 84.0 Å². The van der Waals surface area contributed by atoms with Crippen LogP contribution in [0.25, 0.3) is 11.1 Å². The van der Waals surface area contributed by atoms with Gasteiger partial charge in [-0.25, -0.2) is 4.79 Å². The van der Waals surface area contributed by atoms with E-state index in [1.807, 2.05) is 32.0 Å². The number of nitrogens with zero attached hydrogens (tertiary/aromatic N) is 3. The molecule has 4 aromatic carbocycles. The van der Waals surface area contributed by atoms with E-state index in [2.05, 4.69) is 16.6 Å². The molecule has 0 radical (unpaired) electrons. The fourth-order valence-electron chi connectivity index (χ4n) is 4.35. The van der Waals surface area contributed by atoms with Crippen LogP contribution in [0.5, 0.6) is 5.75 Å². The van der Waals surface area contributed by atoms with Gasteiger partial charge >= 0.3 is 5.97 Å². The standard InChI is InChI=1S/C30H22N4O4/c1-17-9-11-22(13-18(17)2)34-26-14-19(16-31)10-12-24(26)27(29(34)36)33-32-25-8-4-7-23(28(25)35)20-5-3-6-21(15-20)30(37)38/h3-15,32,35H,1-2H3,(H,37,38)/b33-27-. The lowest BCUT2D eigenvalue weighted by molar-refractivity contribution is -0.111. The number of nitrogens with one attached hydrogen (secondary N) is 1. The van der Waals surface area contributed by atoms with E-state index in [1.165, 1.54) is 17.0 Å². The number of nitriles is 1. The number of carbonyl (C=O) groups excluding carboxylic acids is 1. The fraction of sp³-hybridized carbons (Fsp3) is 0.0667. The summed E-state index contributed by atoms with van der Waals surface area (Å²) in [6.45, 7) is 3.95. The van der Waals surface area contributed by atoms with Gasteiger partial charge in [0.15, 0.2) is 5.71 Å². The Hall–Kier alpha value is -5.42. The molecule has 0 saturated carbocycles. The van der Waals surface area contributed by atoms with Crippen LogP contribution in [0.4, 0.5) is 17.1 Å². The van der Waals surface area contributed by atoms with Gasteiger partial charge in [-0.05, 0) is 79.1 Å². The zero-order chi connectivity index (χ0) is 27.0. The largest absolute Gasteiger partial charge is 0.505 e. The van der Waals surface area contributed by atoms with Gasteiger partial charge in [-0.15, -0.1) is 0 Å². The number of rotatable bonds is 5. The quantitative estimate of drug-likeness (QED) is 0.236. The number of hydrogen-bond donors (Lipinski definition) is 3. The van der Waals surface area contributed by atoms with E-state index in [-0.39, 0.29) is 28.6 Å². The number of carboxylic acid groups (broad SMARTS) is 1. The van der Waals surface area contributed by atoms with Crippen LogP contribution in [0, 0.1) is 25.2 Å². The van der Waals surface area contributed by atoms with Crippen LogP contribution in [0.1, 0.15) is 32.6 Å². The number of anilines is 3. The van der Waals surface area contributed by atoms with Crippen molar-refractivity contribution < 1.29 is 19.8 Å². The average Bonchev–Trinajstić information content (AvgIpc) is 3.19. The zero-order valence-corrected chi connectivity index (χ0v) is 20.6. The van der Waals surface area contributed by atoms with E-state index in [0.29, 0.717) is 33.6 Å². The molecule has 5 rings (SSSR count). The minimum Gasteiger partial charge on any atom is -0.505 e. The van der Waals surface area contributed by atoms with Crippen molar-refractivity contribution >= 4 is 34.7 Å². The van der Waals surface area contributed by atoms with Gasteiger partial charge < -0.3 is 10.2 Å². The molecule has 0 fully saturated rings. The highest BCUT2D eigenvalue weighted by Gasteiger charge is 2.36. The monoisotopic (exact) mass is 502 g/mol. The Labute approximate surface area is 218 Å². The van der Waals surface area contributed by atoms with Gasteiger partial charge in [0, 0.05) is 16.8 Å². The van der Waals surface area contributed by atoms with Crippen molar-refractivity contribution in [2.24, 2.45) is 5.10 Å². The number of para-hydroxylation sites is 1. The van der Waals surface area contributed by atoms with E-state index in [4.69, 9.17) is 0 Å². The van der Waals surface area contributed by atoms with Crippen LogP contribution < -0.4 is 10.3 Å². The van der Waals surface area contributed by atoms with E-state index >= 15 is 0 Å². The Morgan fingerprint density at radius 3 is 2.47 bits per heavy atom. The second-order valence-corrected chi connectivity index (χ2v) is 8.91. The van der Waals surface area contributed by atoms with E-state index in [0.717, 1.165) is 11.1 Å². The summed E-state index contributed by atoms with van der Waals surface area (Å²) in [6.07, 6.45) is 0. The van der Waals surface area contributed by atoms with Crippen LogP contribution >= 0.6 is 0 Å². The first-order valence-electron chi connectivity index (χ1n) is 11.7. The molecule has 1 aliphatic heterocycles. The van der Waals surface area contributed by atoms with Gasteiger partial charge in [0.1, 0.15) is 5.75 Å². The van der Waals surface area contributed by atoms with Gasteiger partial charge in [-0.3, -0.25) is 15.1 Å². The lowest BCUT2D eigenvalue weighted by Gasteiger charge is -2.18. The van der Waals surface area contributed by atoms with Crippen molar-refractivity contribution in [2.45, 2.75) is 13.8 Å². The number of aryl methyl sites for hydroxylation is 2. The third-order valence-electron chi connectivity index (χ3n) is 6.52. The smallest absolute Gasteiger partial charge is 0.335 e. The molecule has 3 N–H and O–H groups in total. The normalized spacial score (nSPS) is 13.3. The molecule has 0 spiro atoms. The maximum atomic E-state index is 13.6. The van der Waals surface area contributed by atoms with Crippen LogP contribution in [0.2, 0.25) is 0 Å². The summed E-state index contributed by atoms with van der Waals surface area (Å²) in [6, 6.07) is 24.0. The number of hydrazone groups is 1. The predicted molar refractivity (Wildman–Crippen MR) is 145 cm³/mol. The second-order valence-electron chi connectivity index (χ2n) is 8.91. The van der Waals surface area contributed by atoms with Crippen LogP contribution in [-0.2, 0) is 4.79 Å². The minimum atomic E-state index is -1.07. The van der Waals surface area contributed by atoms with Gasteiger partial charge in [-0.2, -0.15) is 10.4 Å². The molecule has 8 heteroatoms. The van der Waals surface area contributed by atoms with Crippen LogP contribution in [-0.4, -0.2) is 27.8 Å². The summed E-state index contributed by atoms with van der Waals surface area (Å²) in [4.78, 5) is 26.5. The maximum absolute atomic E-state index is 13.6. The first-order valence-corrected chi connectivity index (χ1v) is 11.7. The molecule has 1 amide bonds. The Morgan fingerprint density at radius 1 is 0.947 bits per heavy atom. The summed E-state index contributed by atoms with van der Waals surface area (Å²) >= 11 is 0. The first-order chi connectivity index (χ1) is 18.3. The molecule has 0 saturated heterocycles. The third kappa shape index (κ3) is 4.22. The number of phenolic OH excluding ortho intramolecular Hbond substituents is 1. The Bertz CT molecular complexity index is 1700. The Kier molecular flexibility index (Phi) is 6.11. The number of benzene rings is 4. The molecule has 0 unspecified atom stereocenters. The number of hydrogen-bond acceptors (Lipinski definition) is 6. The van der Waals surface area contributed by atoms with Crippen LogP contribution in [0.3, 0.4) is 0 Å². The fourth-order valence-corrected chi connectivity index (χ4v) is 4.35. The second kappa shape index (κ2) is 9.56. The minimum absolute atomic E-state index is 0.0943. The zero-order valence-electron chi connectivity index (χ0n) is 20.6. The average molecular weight is 503 g/mol. The summed E-state index contributed by atoms with van der Waals surface area (Å²) in [5.74, 6) is -1.59. The highest BCUT2D eigenvalue weighted by atomic mass is 16.4. The highest BCUT2D eigenvalue weighted by Crippen LogP contribution is 2.39. The SMILES string of the molecule is Cc1ccc(N2C(=O)/C(=N\Nc3cccc(-c4cccc(C(=O)O)c4)c3O)c3ccc(C#N)cc32)cc1C. The summed E-state index contributed by atoms with van der Waals surface area (Å²) in [5.41, 5.74) is 8.45. The molecule has 0 bridgehead atoms. The summed E-state index contributed by atoms with van der Waals surface area (Å²) in [7, 11) is 0. The molecular formula is C30H22N4O4.